The maximum atomic E-state index is 6.00. The van der Waals surface area contributed by atoms with Gasteiger partial charge in [-0.3, -0.25) is 10.5 Å². The molecule has 0 amide bonds. The molecular formula is H4Na2O4. The third-order valence-corrected chi connectivity index (χ3v) is 0. The van der Waals surface area contributed by atoms with Gasteiger partial charge in [0, 0.05) is 0 Å². The van der Waals surface area contributed by atoms with Crippen LogP contribution in [0, 0.1) is 0 Å². The van der Waals surface area contributed by atoms with Crippen LogP contribution in [-0.4, -0.2) is 21.5 Å². The molecule has 0 aliphatic rings. The van der Waals surface area contributed by atoms with E-state index in [1.54, 1.807) is 0 Å². The number of rotatable bonds is 0. The molecule has 0 bridgehead atoms. The Hall–Kier alpha value is 1.84. The Balaban J connectivity index is -0.000000000833. The first-order valence-electron chi connectivity index (χ1n) is 0.200. The van der Waals surface area contributed by atoms with Gasteiger partial charge in [-0.15, -0.1) is 0 Å². The maximum absolute atomic E-state index is 6.00. The second-order valence-corrected chi connectivity index (χ2v) is 0. The second-order valence-electron chi connectivity index (χ2n) is 0. The molecule has 0 radical (unpaired) electrons. The maximum Gasteiger partial charge on any atom is 1.00 e. The average molecular weight is 114 g/mol. The van der Waals surface area contributed by atoms with Gasteiger partial charge in [0.1, 0.15) is 0 Å². The fourth-order valence-electron chi connectivity index (χ4n) is 0. The van der Waals surface area contributed by atoms with Gasteiger partial charge in [0.2, 0.25) is 0 Å². The van der Waals surface area contributed by atoms with E-state index in [9.17, 15) is 0 Å². The van der Waals surface area contributed by atoms with Crippen LogP contribution in [0.15, 0.2) is 0 Å². The van der Waals surface area contributed by atoms with E-state index >= 15 is 0 Å². The fraction of sp³-hybridized carbons (Fsp3) is 0. The van der Waals surface area contributed by atoms with Crippen molar-refractivity contribution in [3.8, 4) is 0 Å². The van der Waals surface area contributed by atoms with Crippen molar-refractivity contribution in [2.45, 2.75) is 0 Å². The Kier molecular flexibility index (Phi) is 522. The van der Waals surface area contributed by atoms with Crippen LogP contribution >= 0.6 is 0 Å². The Bertz CT molecular complexity index is 5.51. The molecule has 0 unspecified atom stereocenters. The van der Waals surface area contributed by atoms with E-state index in [1.807, 2.05) is 0 Å². The van der Waals surface area contributed by atoms with Crippen molar-refractivity contribution in [3.63, 3.8) is 0 Å². The summed E-state index contributed by atoms with van der Waals surface area (Å²) < 4.78 is 0. The molecule has 0 aromatic carbocycles. The minimum absolute atomic E-state index is 0. The zero-order valence-electron chi connectivity index (χ0n) is 3.79. The van der Waals surface area contributed by atoms with Gasteiger partial charge in [-0.1, -0.05) is 0 Å². The van der Waals surface area contributed by atoms with Crippen molar-refractivity contribution in [3.05, 3.63) is 0 Å². The van der Waals surface area contributed by atoms with Crippen LogP contribution in [0.25, 0.3) is 0 Å². The standard InChI is InChI=1S/2Na.H2O2.2H2O/c;;1-2;;/h;;1-2H;2*1H2/q2*+1;;;/p-2. The molecule has 6 heteroatoms. The quantitative estimate of drug-likeness (QED) is 0.186. The zero-order chi connectivity index (χ0) is 2.00. The van der Waals surface area contributed by atoms with E-state index in [1.165, 1.54) is 0 Å². The third kappa shape index (κ3) is 40.4. The summed E-state index contributed by atoms with van der Waals surface area (Å²) in [5.74, 6) is 0. The Morgan fingerprint density at radius 2 is 0.667 bits per heavy atom. The summed E-state index contributed by atoms with van der Waals surface area (Å²) >= 11 is 0. The first kappa shape index (κ1) is 45.5. The first-order valence-corrected chi connectivity index (χ1v) is 0.200. The van der Waals surface area contributed by atoms with E-state index < -0.39 is 0 Å². The molecular weight excluding hydrogens is 110 g/mol. The van der Waals surface area contributed by atoms with Crippen LogP contribution in [0.5, 0.6) is 0 Å². The predicted octanol–water partition coefficient (Wildman–Crippen LogP) is -6.33. The minimum Gasteiger partial charge on any atom is -0.870 e. The monoisotopic (exact) mass is 114 g/mol. The Labute approximate surface area is 79.7 Å². The van der Waals surface area contributed by atoms with E-state index in [4.69, 9.17) is 10.5 Å². The third-order valence-electron chi connectivity index (χ3n) is 0. The van der Waals surface area contributed by atoms with Crippen LogP contribution in [0.1, 0.15) is 0 Å². The molecule has 0 aliphatic heterocycles. The van der Waals surface area contributed by atoms with Gasteiger partial charge >= 0.3 is 59.1 Å². The Morgan fingerprint density at radius 3 is 0.667 bits per heavy atom. The molecule has 4 N–H and O–H groups in total. The summed E-state index contributed by atoms with van der Waals surface area (Å²) in [6.45, 7) is 0. The average Bonchev–Trinajstić information content (AvgIpc) is 1.00. The molecule has 0 fully saturated rings. The summed E-state index contributed by atoms with van der Waals surface area (Å²) in [6, 6.07) is 0. The van der Waals surface area contributed by atoms with Crippen molar-refractivity contribution in [1.29, 1.82) is 0 Å². The van der Waals surface area contributed by atoms with Crippen LogP contribution in [-0.2, 0) is 0 Å². The summed E-state index contributed by atoms with van der Waals surface area (Å²) in [6.07, 6.45) is 0. The van der Waals surface area contributed by atoms with E-state index in [0.29, 0.717) is 0 Å². The molecule has 0 rings (SSSR count). The van der Waals surface area contributed by atoms with Gasteiger partial charge in [0.25, 0.3) is 0 Å². The molecule has 0 atom stereocenters. The summed E-state index contributed by atoms with van der Waals surface area (Å²) in [7, 11) is 0. The van der Waals surface area contributed by atoms with Crippen LogP contribution in [0.2, 0.25) is 0 Å². The van der Waals surface area contributed by atoms with Crippen LogP contribution < -0.4 is 59.1 Å². The predicted molar refractivity (Wildman–Crippen MR) is 9.13 cm³/mol. The normalized spacial score (nSPS) is 1.00. The molecule has 6 heavy (non-hydrogen) atoms. The molecule has 0 saturated carbocycles. The van der Waals surface area contributed by atoms with Gasteiger partial charge in [-0.05, 0) is 0 Å². The smallest absolute Gasteiger partial charge is 0.870 e. The topological polar surface area (TPSA) is 100 Å². The van der Waals surface area contributed by atoms with Crippen molar-refractivity contribution < 1.29 is 80.6 Å². The van der Waals surface area contributed by atoms with Crippen molar-refractivity contribution in [2.24, 2.45) is 0 Å². The largest absolute Gasteiger partial charge is 1.00 e. The molecule has 0 saturated heterocycles. The number of hydrogen-bond donors (Lipinski definition) is 2. The summed E-state index contributed by atoms with van der Waals surface area (Å²) in [5.41, 5.74) is 0. The van der Waals surface area contributed by atoms with Gasteiger partial charge in [-0.25, -0.2) is 0 Å². The van der Waals surface area contributed by atoms with Crippen molar-refractivity contribution in [2.75, 3.05) is 0 Å². The van der Waals surface area contributed by atoms with E-state index in [2.05, 4.69) is 0 Å². The van der Waals surface area contributed by atoms with Crippen LogP contribution in [0.3, 0.4) is 0 Å². The molecule has 30 valence electrons. The molecule has 0 spiro atoms. The van der Waals surface area contributed by atoms with Crippen molar-refractivity contribution in [1.82, 2.24) is 0 Å². The van der Waals surface area contributed by atoms with E-state index in [0.717, 1.165) is 0 Å². The molecule has 0 aliphatic carbocycles. The van der Waals surface area contributed by atoms with E-state index in [-0.39, 0.29) is 70.1 Å². The summed E-state index contributed by atoms with van der Waals surface area (Å²) in [5, 5.41) is 12.0. The summed E-state index contributed by atoms with van der Waals surface area (Å²) in [4.78, 5) is 0. The minimum atomic E-state index is 0. The SMILES string of the molecule is OO.[Na+].[Na+].[OH-].[OH-]. The molecule has 0 aromatic rings. The Morgan fingerprint density at radius 1 is 0.667 bits per heavy atom. The second kappa shape index (κ2) is 68.9. The zero-order valence-corrected chi connectivity index (χ0v) is 7.79. The molecule has 4 nitrogen and oxygen atoms in total. The molecule has 0 heterocycles. The van der Waals surface area contributed by atoms with Gasteiger partial charge < -0.3 is 11.0 Å². The number of hydrogen-bond acceptors (Lipinski definition) is 4. The van der Waals surface area contributed by atoms with Gasteiger partial charge in [0.15, 0.2) is 0 Å². The van der Waals surface area contributed by atoms with Crippen molar-refractivity contribution >= 4 is 0 Å². The molecule has 0 aromatic heterocycles. The van der Waals surface area contributed by atoms with Crippen LogP contribution in [0.4, 0.5) is 0 Å². The first-order chi connectivity index (χ1) is 1.00. The van der Waals surface area contributed by atoms with Gasteiger partial charge in [-0.2, -0.15) is 0 Å². The fourth-order valence-corrected chi connectivity index (χ4v) is 0. The van der Waals surface area contributed by atoms with Gasteiger partial charge in [0.05, 0.1) is 0 Å².